The summed E-state index contributed by atoms with van der Waals surface area (Å²) in [5, 5.41) is 0. The number of carbonyl (C=O) groups excluding carboxylic acids is 1. The van der Waals surface area contributed by atoms with E-state index in [0.717, 1.165) is 4.31 Å². The second-order valence-electron chi connectivity index (χ2n) is 6.26. The van der Waals surface area contributed by atoms with Gasteiger partial charge in [0, 0.05) is 6.42 Å². The summed E-state index contributed by atoms with van der Waals surface area (Å²) >= 11 is 0. The Labute approximate surface area is 157 Å². The second kappa shape index (κ2) is 8.06. The molecule has 2 atom stereocenters. The highest BCUT2D eigenvalue weighted by Crippen LogP contribution is 2.28. The van der Waals surface area contributed by atoms with E-state index in [-0.39, 0.29) is 24.5 Å². The number of para-hydroxylation sites is 1. The van der Waals surface area contributed by atoms with Gasteiger partial charge in [0.25, 0.3) is 0 Å². The fourth-order valence-electron chi connectivity index (χ4n) is 3.10. The highest BCUT2D eigenvalue weighted by atomic mass is 32.2. The van der Waals surface area contributed by atoms with E-state index in [1.54, 1.807) is 36.4 Å². The van der Waals surface area contributed by atoms with Crippen LogP contribution in [0, 0.1) is 5.82 Å². The number of hydrogen-bond acceptors (Lipinski definition) is 5. The van der Waals surface area contributed by atoms with Crippen LogP contribution < -0.4 is 4.74 Å². The largest absolute Gasteiger partial charge is 0.486 e. The van der Waals surface area contributed by atoms with Crippen LogP contribution in [-0.2, 0) is 25.3 Å². The predicted molar refractivity (Wildman–Crippen MR) is 97.0 cm³/mol. The Kier molecular flexibility index (Phi) is 5.76. The molecule has 3 rings (SSSR count). The van der Waals surface area contributed by atoms with E-state index in [0.29, 0.717) is 5.56 Å². The van der Waals surface area contributed by atoms with Gasteiger partial charge in [0.15, 0.2) is 11.6 Å². The van der Waals surface area contributed by atoms with Crippen molar-refractivity contribution in [1.82, 2.24) is 4.31 Å². The molecule has 1 aliphatic rings. The van der Waals surface area contributed by atoms with Crippen molar-refractivity contribution < 1.29 is 27.1 Å². The summed E-state index contributed by atoms with van der Waals surface area (Å²) in [5.74, 6) is -1.43. The normalized spacial score (nSPS) is 20.4. The predicted octanol–water partition coefficient (Wildman–Crippen LogP) is 2.35. The molecular formula is C19H20FNO5S. The topological polar surface area (TPSA) is 72.9 Å². The van der Waals surface area contributed by atoms with Gasteiger partial charge in [0.05, 0.1) is 19.4 Å². The number of esters is 1. The van der Waals surface area contributed by atoms with Gasteiger partial charge in [0.1, 0.15) is 12.1 Å². The Balaban J connectivity index is 1.81. The highest BCUT2D eigenvalue weighted by Gasteiger charge is 2.45. The van der Waals surface area contributed by atoms with Crippen molar-refractivity contribution in [2.45, 2.75) is 24.3 Å². The molecule has 0 spiro atoms. The summed E-state index contributed by atoms with van der Waals surface area (Å²) in [7, 11) is -2.59. The van der Waals surface area contributed by atoms with Crippen LogP contribution in [-0.4, -0.2) is 44.5 Å². The average Bonchev–Trinajstić information content (AvgIpc) is 3.08. The van der Waals surface area contributed by atoms with Gasteiger partial charge in [-0.3, -0.25) is 4.79 Å². The second-order valence-corrected chi connectivity index (χ2v) is 8.18. The van der Waals surface area contributed by atoms with E-state index in [9.17, 15) is 17.6 Å². The van der Waals surface area contributed by atoms with Crippen molar-refractivity contribution in [2.24, 2.45) is 0 Å². The summed E-state index contributed by atoms with van der Waals surface area (Å²) in [6, 6.07) is 13.6. The van der Waals surface area contributed by atoms with Crippen molar-refractivity contribution in [2.75, 3.05) is 13.7 Å². The van der Waals surface area contributed by atoms with Crippen molar-refractivity contribution >= 4 is 16.0 Å². The molecule has 0 aliphatic carbocycles. The number of methoxy groups -OCH3 is 1. The molecule has 0 unspecified atom stereocenters. The minimum atomic E-state index is -3.79. The fraction of sp³-hybridized carbons (Fsp3) is 0.316. The third-order valence-corrected chi connectivity index (χ3v) is 6.19. The Morgan fingerprint density at radius 1 is 1.15 bits per heavy atom. The Bertz CT molecular complexity index is 903. The number of benzene rings is 2. The molecule has 0 amide bonds. The van der Waals surface area contributed by atoms with Gasteiger partial charge < -0.3 is 9.47 Å². The molecule has 1 heterocycles. The third-order valence-electron chi connectivity index (χ3n) is 4.37. The minimum Gasteiger partial charge on any atom is -0.486 e. The molecule has 2 aromatic carbocycles. The molecule has 0 aromatic heterocycles. The minimum absolute atomic E-state index is 0.0217. The zero-order valence-corrected chi connectivity index (χ0v) is 15.6. The summed E-state index contributed by atoms with van der Waals surface area (Å²) in [5.41, 5.74) is 0.611. The SMILES string of the molecule is COC(=O)[C@@H]1C[C@H](Oc2ccccc2F)CN1S(=O)(=O)Cc1ccccc1. The summed E-state index contributed by atoms with van der Waals surface area (Å²) in [4.78, 5) is 12.1. The van der Waals surface area contributed by atoms with Crippen LogP contribution in [0.3, 0.4) is 0 Å². The molecule has 27 heavy (non-hydrogen) atoms. The lowest BCUT2D eigenvalue weighted by Gasteiger charge is -2.21. The number of sulfonamides is 1. The summed E-state index contributed by atoms with van der Waals surface area (Å²) < 4.78 is 51.1. The van der Waals surface area contributed by atoms with E-state index < -0.39 is 34.0 Å². The van der Waals surface area contributed by atoms with E-state index >= 15 is 0 Å². The maximum atomic E-state index is 13.8. The molecule has 0 bridgehead atoms. The van der Waals surface area contributed by atoms with Gasteiger partial charge >= 0.3 is 5.97 Å². The Hall–Kier alpha value is -2.45. The maximum absolute atomic E-state index is 13.8. The number of carbonyl (C=O) groups is 1. The van der Waals surface area contributed by atoms with E-state index in [1.807, 2.05) is 0 Å². The first-order valence-electron chi connectivity index (χ1n) is 8.43. The first-order chi connectivity index (χ1) is 12.9. The van der Waals surface area contributed by atoms with Gasteiger partial charge in [0.2, 0.25) is 10.0 Å². The number of ether oxygens (including phenoxy) is 2. The standard InChI is InChI=1S/C19H20FNO5S/c1-25-19(22)17-11-15(26-18-10-6-5-9-16(18)20)12-21(17)27(23,24)13-14-7-3-2-4-8-14/h2-10,15,17H,11-13H2,1H3/t15-,17-/m0/s1. The van der Waals surface area contributed by atoms with E-state index in [1.165, 1.54) is 25.3 Å². The number of rotatable bonds is 6. The van der Waals surface area contributed by atoms with Crippen molar-refractivity contribution in [1.29, 1.82) is 0 Å². The van der Waals surface area contributed by atoms with Crippen molar-refractivity contribution in [3.05, 3.63) is 66.0 Å². The molecular weight excluding hydrogens is 373 g/mol. The van der Waals surface area contributed by atoms with Gasteiger partial charge in [-0.15, -0.1) is 0 Å². The van der Waals surface area contributed by atoms with Crippen LogP contribution in [0.4, 0.5) is 4.39 Å². The first kappa shape index (κ1) is 19.3. The fourth-order valence-corrected chi connectivity index (χ4v) is 4.83. The zero-order chi connectivity index (χ0) is 19.4. The third kappa shape index (κ3) is 4.45. The highest BCUT2D eigenvalue weighted by molar-refractivity contribution is 7.88. The molecule has 1 fully saturated rings. The van der Waals surface area contributed by atoms with Gasteiger partial charge in [-0.1, -0.05) is 42.5 Å². The van der Waals surface area contributed by atoms with Crippen LogP contribution in [0.5, 0.6) is 5.75 Å². The van der Waals surface area contributed by atoms with Gasteiger partial charge in [-0.25, -0.2) is 12.8 Å². The quantitative estimate of drug-likeness (QED) is 0.705. The van der Waals surface area contributed by atoms with E-state index in [2.05, 4.69) is 0 Å². The molecule has 1 aliphatic heterocycles. The monoisotopic (exact) mass is 393 g/mol. The molecule has 0 N–H and O–H groups in total. The molecule has 6 nitrogen and oxygen atoms in total. The summed E-state index contributed by atoms with van der Waals surface area (Å²) in [6.07, 6.45) is -0.564. The zero-order valence-electron chi connectivity index (χ0n) is 14.7. The van der Waals surface area contributed by atoms with Crippen LogP contribution in [0.1, 0.15) is 12.0 Å². The Morgan fingerprint density at radius 2 is 1.81 bits per heavy atom. The molecule has 0 saturated carbocycles. The first-order valence-corrected chi connectivity index (χ1v) is 10.0. The van der Waals surface area contributed by atoms with Crippen LogP contribution in [0.2, 0.25) is 0 Å². The van der Waals surface area contributed by atoms with Gasteiger partial charge in [-0.2, -0.15) is 4.31 Å². The lowest BCUT2D eigenvalue weighted by molar-refractivity contribution is -0.144. The van der Waals surface area contributed by atoms with Crippen LogP contribution in [0.25, 0.3) is 0 Å². The van der Waals surface area contributed by atoms with Gasteiger partial charge in [-0.05, 0) is 17.7 Å². The van der Waals surface area contributed by atoms with Crippen LogP contribution in [0.15, 0.2) is 54.6 Å². The van der Waals surface area contributed by atoms with Crippen LogP contribution >= 0.6 is 0 Å². The smallest absolute Gasteiger partial charge is 0.324 e. The lowest BCUT2D eigenvalue weighted by atomic mass is 10.2. The Morgan fingerprint density at radius 3 is 2.48 bits per heavy atom. The molecule has 144 valence electrons. The molecule has 1 saturated heterocycles. The average molecular weight is 393 g/mol. The summed E-state index contributed by atoms with van der Waals surface area (Å²) in [6.45, 7) is -0.0523. The van der Waals surface area contributed by atoms with Crippen molar-refractivity contribution in [3.8, 4) is 5.75 Å². The molecule has 0 radical (unpaired) electrons. The maximum Gasteiger partial charge on any atom is 0.324 e. The number of nitrogens with zero attached hydrogens (tertiary/aromatic N) is 1. The lowest BCUT2D eigenvalue weighted by Crippen LogP contribution is -2.41. The molecule has 2 aromatic rings. The number of halogens is 1. The molecule has 8 heteroatoms. The van der Waals surface area contributed by atoms with Crippen molar-refractivity contribution in [3.63, 3.8) is 0 Å². The van der Waals surface area contributed by atoms with E-state index in [4.69, 9.17) is 9.47 Å². The number of hydrogen-bond donors (Lipinski definition) is 0.